The van der Waals surface area contributed by atoms with Crippen LogP contribution in [0.1, 0.15) is 31.7 Å². The van der Waals surface area contributed by atoms with Crippen LogP contribution >= 0.6 is 0 Å². The summed E-state index contributed by atoms with van der Waals surface area (Å²) in [5.41, 5.74) is 1.31. The molecule has 0 saturated carbocycles. The Morgan fingerprint density at radius 3 is 2.75 bits per heavy atom. The zero-order chi connectivity index (χ0) is 11.4. The molecule has 16 heavy (non-hydrogen) atoms. The maximum atomic E-state index is 11.7. The van der Waals surface area contributed by atoms with Crippen molar-refractivity contribution in [2.75, 3.05) is 0 Å². The van der Waals surface area contributed by atoms with Crippen LogP contribution in [0.25, 0.3) is 0 Å². The van der Waals surface area contributed by atoms with Crippen LogP contribution in [0.2, 0.25) is 0 Å². The Hall–Kier alpha value is -1.31. The quantitative estimate of drug-likeness (QED) is 0.825. The van der Waals surface area contributed by atoms with Gasteiger partial charge >= 0.3 is 0 Å². The van der Waals surface area contributed by atoms with Gasteiger partial charge in [-0.3, -0.25) is 4.79 Å². The van der Waals surface area contributed by atoms with E-state index in [4.69, 9.17) is 0 Å². The van der Waals surface area contributed by atoms with Crippen LogP contribution < -0.4 is 5.32 Å². The summed E-state index contributed by atoms with van der Waals surface area (Å²) in [5, 5.41) is 3.10. The zero-order valence-corrected chi connectivity index (χ0v) is 9.78. The van der Waals surface area contributed by atoms with E-state index in [1.54, 1.807) is 0 Å². The number of rotatable bonds is 4. The first kappa shape index (κ1) is 11.2. The van der Waals surface area contributed by atoms with Crippen LogP contribution in [0.4, 0.5) is 0 Å². The lowest BCUT2D eigenvalue weighted by Crippen LogP contribution is -2.27. The molecule has 1 aliphatic heterocycles. The molecule has 0 radical (unpaired) electrons. The third-order valence-corrected chi connectivity index (χ3v) is 3.25. The zero-order valence-electron chi connectivity index (χ0n) is 9.78. The number of carbonyl (C=O) groups is 1. The lowest BCUT2D eigenvalue weighted by molar-refractivity contribution is -0.122. The average molecular weight is 217 g/mol. The number of hydrogen-bond donors (Lipinski definition) is 1. The van der Waals surface area contributed by atoms with Crippen LogP contribution in [0.5, 0.6) is 0 Å². The summed E-state index contributed by atoms with van der Waals surface area (Å²) < 4.78 is 0. The maximum absolute atomic E-state index is 11.7. The molecule has 0 aliphatic carbocycles. The monoisotopic (exact) mass is 217 g/mol. The summed E-state index contributed by atoms with van der Waals surface area (Å²) in [6, 6.07) is 10.7. The van der Waals surface area contributed by atoms with Crippen molar-refractivity contribution in [3.8, 4) is 0 Å². The Morgan fingerprint density at radius 1 is 1.31 bits per heavy atom. The topological polar surface area (TPSA) is 29.1 Å². The first-order chi connectivity index (χ1) is 7.79. The Morgan fingerprint density at radius 2 is 2.06 bits per heavy atom. The van der Waals surface area contributed by atoms with Gasteiger partial charge in [0.05, 0.1) is 0 Å². The molecule has 2 unspecified atom stereocenters. The second kappa shape index (κ2) is 5.15. The molecule has 2 rings (SSSR count). The van der Waals surface area contributed by atoms with Gasteiger partial charge < -0.3 is 5.32 Å². The van der Waals surface area contributed by atoms with Crippen molar-refractivity contribution in [3.63, 3.8) is 0 Å². The average Bonchev–Trinajstić information content (AvgIpc) is 2.61. The number of hydrogen-bond acceptors (Lipinski definition) is 1. The van der Waals surface area contributed by atoms with Gasteiger partial charge in [-0.1, -0.05) is 43.7 Å². The molecule has 1 aliphatic rings. The molecule has 2 atom stereocenters. The van der Waals surface area contributed by atoms with Crippen molar-refractivity contribution < 1.29 is 4.79 Å². The van der Waals surface area contributed by atoms with Gasteiger partial charge in [0.25, 0.3) is 0 Å². The molecule has 1 heterocycles. The van der Waals surface area contributed by atoms with E-state index >= 15 is 0 Å². The van der Waals surface area contributed by atoms with E-state index in [2.05, 4.69) is 36.5 Å². The molecular formula is C14H19NO. The van der Waals surface area contributed by atoms with Gasteiger partial charge in [0, 0.05) is 12.0 Å². The fourth-order valence-electron chi connectivity index (χ4n) is 2.46. The van der Waals surface area contributed by atoms with Crippen LogP contribution in [0.15, 0.2) is 30.3 Å². The third kappa shape index (κ3) is 2.63. The molecule has 86 valence electrons. The Kier molecular flexibility index (Phi) is 3.60. The molecule has 0 aromatic heterocycles. The predicted octanol–water partition coefficient (Wildman–Crippen LogP) is 2.53. The van der Waals surface area contributed by atoms with Crippen LogP contribution in [-0.4, -0.2) is 11.9 Å². The Bertz CT molecular complexity index is 347. The molecule has 1 aromatic carbocycles. The van der Waals surface area contributed by atoms with Gasteiger partial charge in [0.2, 0.25) is 5.91 Å². The van der Waals surface area contributed by atoms with Gasteiger partial charge in [-0.25, -0.2) is 0 Å². The number of amides is 1. The fourth-order valence-corrected chi connectivity index (χ4v) is 2.46. The van der Waals surface area contributed by atoms with E-state index < -0.39 is 0 Å². The molecule has 0 bridgehead atoms. The van der Waals surface area contributed by atoms with Crippen molar-refractivity contribution in [1.82, 2.24) is 5.32 Å². The molecular weight excluding hydrogens is 198 g/mol. The second-order valence-corrected chi connectivity index (χ2v) is 4.62. The lowest BCUT2D eigenvalue weighted by atomic mass is 9.97. The molecule has 0 spiro atoms. The van der Waals surface area contributed by atoms with Crippen LogP contribution in [0.3, 0.4) is 0 Å². The normalized spacial score (nSPS) is 24.4. The highest BCUT2D eigenvalue weighted by molar-refractivity contribution is 5.81. The van der Waals surface area contributed by atoms with Crippen LogP contribution in [-0.2, 0) is 11.2 Å². The number of nitrogens with one attached hydrogen (secondary N) is 1. The maximum Gasteiger partial charge on any atom is 0.223 e. The highest BCUT2D eigenvalue weighted by Crippen LogP contribution is 2.22. The van der Waals surface area contributed by atoms with Crippen molar-refractivity contribution in [1.29, 1.82) is 0 Å². The Labute approximate surface area is 97.1 Å². The minimum atomic E-state index is 0.249. The highest BCUT2D eigenvalue weighted by Gasteiger charge is 2.30. The standard InChI is InChI=1S/C14H19NO/c1-2-6-12-10-13(15-14(12)16)9-11-7-4-3-5-8-11/h3-5,7-8,12-13H,2,6,9-10H2,1H3,(H,15,16). The van der Waals surface area contributed by atoms with E-state index in [0.29, 0.717) is 6.04 Å². The van der Waals surface area contributed by atoms with E-state index in [9.17, 15) is 4.79 Å². The first-order valence-electron chi connectivity index (χ1n) is 6.14. The summed E-state index contributed by atoms with van der Waals surface area (Å²) in [6.45, 7) is 2.14. The predicted molar refractivity (Wildman–Crippen MR) is 65.1 cm³/mol. The molecule has 1 N–H and O–H groups in total. The van der Waals surface area contributed by atoms with E-state index in [-0.39, 0.29) is 11.8 Å². The van der Waals surface area contributed by atoms with Crippen molar-refractivity contribution in [2.24, 2.45) is 5.92 Å². The fraction of sp³-hybridized carbons (Fsp3) is 0.500. The van der Waals surface area contributed by atoms with E-state index in [1.807, 2.05) is 6.07 Å². The summed E-state index contributed by atoms with van der Waals surface area (Å²) in [6.07, 6.45) is 4.08. The first-order valence-corrected chi connectivity index (χ1v) is 6.14. The molecule has 1 aromatic rings. The molecule has 2 heteroatoms. The van der Waals surface area contributed by atoms with Crippen LogP contribution in [0, 0.1) is 5.92 Å². The summed E-state index contributed by atoms with van der Waals surface area (Å²) in [5.74, 6) is 0.501. The lowest BCUT2D eigenvalue weighted by Gasteiger charge is -2.09. The van der Waals surface area contributed by atoms with Gasteiger partial charge in [0.1, 0.15) is 0 Å². The minimum Gasteiger partial charge on any atom is -0.353 e. The Balaban J connectivity index is 1.91. The van der Waals surface area contributed by atoms with Crippen molar-refractivity contribution in [2.45, 2.75) is 38.6 Å². The largest absolute Gasteiger partial charge is 0.353 e. The summed E-state index contributed by atoms with van der Waals surface area (Å²) in [4.78, 5) is 11.7. The highest BCUT2D eigenvalue weighted by atomic mass is 16.2. The van der Waals surface area contributed by atoms with Gasteiger partial charge in [-0.2, -0.15) is 0 Å². The summed E-state index contributed by atoms with van der Waals surface area (Å²) in [7, 11) is 0. The second-order valence-electron chi connectivity index (χ2n) is 4.62. The van der Waals surface area contributed by atoms with Gasteiger partial charge in [-0.15, -0.1) is 0 Å². The number of carbonyl (C=O) groups excluding carboxylic acids is 1. The molecule has 1 saturated heterocycles. The third-order valence-electron chi connectivity index (χ3n) is 3.25. The molecule has 2 nitrogen and oxygen atoms in total. The minimum absolute atomic E-state index is 0.249. The van der Waals surface area contributed by atoms with E-state index in [1.165, 1.54) is 5.56 Å². The smallest absolute Gasteiger partial charge is 0.223 e. The van der Waals surface area contributed by atoms with Gasteiger partial charge in [-0.05, 0) is 24.8 Å². The number of benzene rings is 1. The van der Waals surface area contributed by atoms with E-state index in [0.717, 1.165) is 25.7 Å². The van der Waals surface area contributed by atoms with Crippen molar-refractivity contribution in [3.05, 3.63) is 35.9 Å². The summed E-state index contributed by atoms with van der Waals surface area (Å²) >= 11 is 0. The SMILES string of the molecule is CCCC1CC(Cc2ccccc2)NC1=O. The van der Waals surface area contributed by atoms with Gasteiger partial charge in [0.15, 0.2) is 0 Å². The van der Waals surface area contributed by atoms with Crippen molar-refractivity contribution >= 4 is 5.91 Å². The molecule has 1 fully saturated rings. The molecule has 1 amide bonds.